The van der Waals surface area contributed by atoms with E-state index in [0.29, 0.717) is 5.37 Å². The van der Waals surface area contributed by atoms with Gasteiger partial charge in [0.15, 0.2) is 0 Å². The monoisotopic (exact) mass is 203 g/mol. The highest BCUT2D eigenvalue weighted by molar-refractivity contribution is 7.99. The second-order valence-electron chi connectivity index (χ2n) is 4.07. The first-order chi connectivity index (χ1) is 5.99. The maximum Gasteiger partial charge on any atom is 0.303 e. The Kier molecular flexibility index (Phi) is 3.62. The molecule has 13 heavy (non-hydrogen) atoms. The molecule has 1 saturated heterocycles. The fraction of sp³-hybridized carbons (Fsp3) is 0.889. The molecule has 1 heterocycles. The zero-order valence-corrected chi connectivity index (χ0v) is 8.99. The van der Waals surface area contributed by atoms with Crippen LogP contribution >= 0.6 is 11.8 Å². The molecule has 0 aromatic carbocycles. The van der Waals surface area contributed by atoms with Crippen molar-refractivity contribution in [3.8, 4) is 0 Å². The lowest BCUT2D eigenvalue weighted by Gasteiger charge is -2.36. The number of thioether (sulfide) groups is 1. The molecule has 76 valence electrons. The van der Waals surface area contributed by atoms with E-state index in [-0.39, 0.29) is 12.0 Å². The normalized spacial score (nSPS) is 27.1. The summed E-state index contributed by atoms with van der Waals surface area (Å²) >= 11 is 1.83. The maximum atomic E-state index is 10.4. The van der Waals surface area contributed by atoms with Crippen molar-refractivity contribution in [2.45, 2.75) is 44.0 Å². The van der Waals surface area contributed by atoms with Crippen LogP contribution in [0.1, 0.15) is 33.1 Å². The predicted octanol–water partition coefficient (Wildman–Crippen LogP) is 1.68. The van der Waals surface area contributed by atoms with Crippen LogP contribution in [-0.2, 0) is 4.79 Å². The third kappa shape index (κ3) is 4.00. The van der Waals surface area contributed by atoms with Gasteiger partial charge in [0.2, 0.25) is 0 Å². The van der Waals surface area contributed by atoms with Crippen molar-refractivity contribution < 1.29 is 9.90 Å². The van der Waals surface area contributed by atoms with Crippen molar-refractivity contribution in [2.24, 2.45) is 0 Å². The van der Waals surface area contributed by atoms with Crippen LogP contribution in [0.3, 0.4) is 0 Å². The van der Waals surface area contributed by atoms with E-state index in [1.807, 2.05) is 11.8 Å². The van der Waals surface area contributed by atoms with Crippen LogP contribution < -0.4 is 5.32 Å². The fourth-order valence-corrected chi connectivity index (χ4v) is 3.02. The van der Waals surface area contributed by atoms with Gasteiger partial charge >= 0.3 is 5.97 Å². The molecule has 1 atom stereocenters. The van der Waals surface area contributed by atoms with Gasteiger partial charge in [0.1, 0.15) is 0 Å². The summed E-state index contributed by atoms with van der Waals surface area (Å²) in [6.07, 6.45) is 2.14. The van der Waals surface area contributed by atoms with Gasteiger partial charge in [0, 0.05) is 12.0 Å². The molecule has 1 rings (SSSR count). The predicted molar refractivity (Wildman–Crippen MR) is 54.9 cm³/mol. The molecule has 0 spiro atoms. The van der Waals surface area contributed by atoms with Gasteiger partial charge in [-0.3, -0.25) is 4.79 Å². The van der Waals surface area contributed by atoms with E-state index in [4.69, 9.17) is 5.11 Å². The second kappa shape index (κ2) is 4.33. The van der Waals surface area contributed by atoms with Crippen molar-refractivity contribution in [2.75, 3.05) is 5.75 Å². The quantitative estimate of drug-likeness (QED) is 0.732. The molecular formula is C9H17NO2S. The number of nitrogens with one attached hydrogen (secondary N) is 1. The van der Waals surface area contributed by atoms with Crippen molar-refractivity contribution in [1.82, 2.24) is 5.32 Å². The minimum absolute atomic E-state index is 0.175. The summed E-state index contributed by atoms with van der Waals surface area (Å²) in [7, 11) is 0. The summed E-state index contributed by atoms with van der Waals surface area (Å²) in [4.78, 5) is 10.4. The van der Waals surface area contributed by atoms with Crippen LogP contribution in [0.2, 0.25) is 0 Å². The number of aliphatic carboxylic acids is 1. The zero-order valence-electron chi connectivity index (χ0n) is 8.17. The standard InChI is InChI=1S/C9H17NO2S/c1-9(2)5-6-13-7(10-9)3-4-8(11)12/h7,10H,3-6H2,1-2H3,(H,11,12). The van der Waals surface area contributed by atoms with Crippen LogP contribution in [0.5, 0.6) is 0 Å². The number of carbonyl (C=O) groups is 1. The van der Waals surface area contributed by atoms with Crippen LogP contribution in [0, 0.1) is 0 Å². The van der Waals surface area contributed by atoms with E-state index < -0.39 is 5.97 Å². The van der Waals surface area contributed by atoms with Crippen molar-refractivity contribution in [1.29, 1.82) is 0 Å². The molecule has 0 amide bonds. The summed E-state index contributed by atoms with van der Waals surface area (Å²) in [5.74, 6) is 0.426. The highest BCUT2D eigenvalue weighted by Crippen LogP contribution is 2.27. The van der Waals surface area contributed by atoms with Crippen molar-refractivity contribution in [3.63, 3.8) is 0 Å². The molecule has 0 radical (unpaired) electrons. The van der Waals surface area contributed by atoms with Gasteiger partial charge in [0.05, 0.1) is 5.37 Å². The van der Waals surface area contributed by atoms with Crippen LogP contribution in [0.25, 0.3) is 0 Å². The first-order valence-electron chi connectivity index (χ1n) is 4.61. The largest absolute Gasteiger partial charge is 0.481 e. The highest BCUT2D eigenvalue weighted by atomic mass is 32.2. The van der Waals surface area contributed by atoms with Gasteiger partial charge in [-0.1, -0.05) is 0 Å². The van der Waals surface area contributed by atoms with E-state index in [9.17, 15) is 4.79 Å². The molecule has 1 aliphatic rings. The average Bonchev–Trinajstić information content (AvgIpc) is 1.99. The second-order valence-corrected chi connectivity index (χ2v) is 5.38. The Morgan fingerprint density at radius 2 is 2.38 bits per heavy atom. The topological polar surface area (TPSA) is 49.3 Å². The minimum atomic E-state index is -0.703. The Hall–Kier alpha value is -0.220. The van der Waals surface area contributed by atoms with E-state index in [1.54, 1.807) is 0 Å². The third-order valence-corrected chi connectivity index (χ3v) is 3.41. The molecule has 0 aromatic heterocycles. The molecule has 0 aliphatic carbocycles. The van der Waals surface area contributed by atoms with E-state index in [1.165, 1.54) is 0 Å². The fourth-order valence-electron chi connectivity index (χ4n) is 1.42. The molecule has 2 N–H and O–H groups in total. The molecule has 3 nitrogen and oxygen atoms in total. The summed E-state index contributed by atoms with van der Waals surface area (Å²) in [5, 5.41) is 12.3. The Balaban J connectivity index is 2.30. The molecule has 1 fully saturated rings. The van der Waals surface area contributed by atoms with Gasteiger partial charge in [-0.25, -0.2) is 0 Å². The van der Waals surface area contributed by atoms with Crippen molar-refractivity contribution in [3.05, 3.63) is 0 Å². The van der Waals surface area contributed by atoms with E-state index >= 15 is 0 Å². The number of rotatable bonds is 3. The van der Waals surface area contributed by atoms with Crippen LogP contribution in [0.15, 0.2) is 0 Å². The molecule has 0 saturated carbocycles. The van der Waals surface area contributed by atoms with Gasteiger partial charge < -0.3 is 10.4 Å². The molecule has 1 aliphatic heterocycles. The SMILES string of the molecule is CC1(C)CCSC(CCC(=O)O)N1. The first kappa shape index (κ1) is 10.9. The highest BCUT2D eigenvalue weighted by Gasteiger charge is 2.27. The van der Waals surface area contributed by atoms with Crippen molar-refractivity contribution >= 4 is 17.7 Å². The van der Waals surface area contributed by atoms with Crippen LogP contribution in [0.4, 0.5) is 0 Å². The lowest BCUT2D eigenvalue weighted by atomic mass is 10.0. The maximum absolute atomic E-state index is 10.4. The smallest absolute Gasteiger partial charge is 0.303 e. The molecule has 4 heteroatoms. The molecule has 1 unspecified atom stereocenters. The average molecular weight is 203 g/mol. The van der Waals surface area contributed by atoms with E-state index in [0.717, 1.165) is 18.6 Å². The lowest BCUT2D eigenvalue weighted by molar-refractivity contribution is -0.137. The summed E-state index contributed by atoms with van der Waals surface area (Å²) < 4.78 is 0. The Morgan fingerprint density at radius 1 is 1.69 bits per heavy atom. The summed E-state index contributed by atoms with van der Waals surface area (Å²) in [6.45, 7) is 4.33. The third-order valence-electron chi connectivity index (χ3n) is 2.22. The number of hydrogen-bond acceptors (Lipinski definition) is 3. The van der Waals surface area contributed by atoms with Gasteiger partial charge in [-0.15, -0.1) is 11.8 Å². The van der Waals surface area contributed by atoms with Gasteiger partial charge in [0.25, 0.3) is 0 Å². The first-order valence-corrected chi connectivity index (χ1v) is 5.65. The summed E-state index contributed by atoms with van der Waals surface area (Å²) in [5.41, 5.74) is 0.175. The molecular weight excluding hydrogens is 186 g/mol. The Bertz CT molecular complexity index is 194. The number of hydrogen-bond donors (Lipinski definition) is 2. The Morgan fingerprint density at radius 3 is 2.92 bits per heavy atom. The molecule has 0 aromatic rings. The van der Waals surface area contributed by atoms with Gasteiger partial charge in [-0.05, 0) is 32.4 Å². The number of carboxylic acids is 1. The van der Waals surface area contributed by atoms with Gasteiger partial charge in [-0.2, -0.15) is 0 Å². The number of carboxylic acid groups (broad SMARTS) is 1. The van der Waals surface area contributed by atoms with Crippen LogP contribution in [-0.4, -0.2) is 27.7 Å². The lowest BCUT2D eigenvalue weighted by Crippen LogP contribution is -2.48. The molecule has 0 bridgehead atoms. The van der Waals surface area contributed by atoms with E-state index in [2.05, 4.69) is 19.2 Å². The Labute approximate surface area is 83.3 Å². The zero-order chi connectivity index (χ0) is 9.90. The minimum Gasteiger partial charge on any atom is -0.481 e. The summed E-state index contributed by atoms with van der Waals surface area (Å²) in [6, 6.07) is 0.